The minimum absolute atomic E-state index is 0.0204. The van der Waals surface area contributed by atoms with E-state index in [-0.39, 0.29) is 10.8 Å². The van der Waals surface area contributed by atoms with Crippen molar-refractivity contribution in [2.24, 2.45) is 0 Å². The van der Waals surface area contributed by atoms with Crippen LogP contribution in [0, 0.1) is 5.82 Å². The molecular weight excluding hydrogens is 393 g/mol. The summed E-state index contributed by atoms with van der Waals surface area (Å²) in [5.41, 5.74) is 0.444. The van der Waals surface area contributed by atoms with E-state index in [2.05, 4.69) is 5.32 Å². The Bertz CT molecular complexity index is 860. The number of methoxy groups -OCH3 is 2. The molecule has 0 saturated heterocycles. The van der Waals surface area contributed by atoms with E-state index >= 15 is 0 Å². The van der Waals surface area contributed by atoms with Crippen LogP contribution in [-0.2, 0) is 14.3 Å². The lowest BCUT2D eigenvalue weighted by molar-refractivity contribution is -0.155. The lowest BCUT2D eigenvalue weighted by Crippen LogP contribution is -2.31. The van der Waals surface area contributed by atoms with Crippen LogP contribution < -0.4 is 19.5 Å². The SMILES string of the molecule is COc1ccc(NC(=O)[C@H](C)OC(=O)COc2ccc(F)cc2Cl)cc1OC. The first-order chi connectivity index (χ1) is 13.3. The van der Waals surface area contributed by atoms with E-state index < -0.39 is 30.4 Å². The average molecular weight is 412 g/mol. The Morgan fingerprint density at radius 1 is 1.07 bits per heavy atom. The highest BCUT2D eigenvalue weighted by Gasteiger charge is 2.19. The molecule has 7 nitrogen and oxygen atoms in total. The molecule has 0 aliphatic rings. The molecule has 0 bridgehead atoms. The summed E-state index contributed by atoms with van der Waals surface area (Å²) in [4.78, 5) is 24.1. The van der Waals surface area contributed by atoms with Gasteiger partial charge in [0.1, 0.15) is 11.6 Å². The largest absolute Gasteiger partial charge is 0.493 e. The number of esters is 1. The first kappa shape index (κ1) is 21.3. The summed E-state index contributed by atoms with van der Waals surface area (Å²) in [6, 6.07) is 8.31. The number of carbonyl (C=O) groups excluding carboxylic acids is 2. The quantitative estimate of drug-likeness (QED) is 0.670. The fourth-order valence-corrected chi connectivity index (χ4v) is 2.39. The topological polar surface area (TPSA) is 83.1 Å². The van der Waals surface area contributed by atoms with Crippen LogP contribution in [0.25, 0.3) is 0 Å². The van der Waals surface area contributed by atoms with Gasteiger partial charge < -0.3 is 24.3 Å². The third-order valence-electron chi connectivity index (χ3n) is 3.57. The standard InChI is InChI=1S/C19H19ClFNO6/c1-11(19(24)22-13-5-7-16(25-2)17(9-13)26-3)28-18(23)10-27-15-6-4-12(21)8-14(15)20/h4-9,11H,10H2,1-3H3,(H,22,24)/t11-/m0/s1. The number of ether oxygens (including phenoxy) is 4. The van der Waals surface area contributed by atoms with Crippen molar-refractivity contribution in [3.63, 3.8) is 0 Å². The van der Waals surface area contributed by atoms with Gasteiger partial charge in [-0.15, -0.1) is 0 Å². The summed E-state index contributed by atoms with van der Waals surface area (Å²) >= 11 is 5.81. The molecule has 0 aromatic heterocycles. The van der Waals surface area contributed by atoms with Crippen LogP contribution in [0.15, 0.2) is 36.4 Å². The summed E-state index contributed by atoms with van der Waals surface area (Å²) in [6.07, 6.45) is -1.08. The number of anilines is 1. The van der Waals surface area contributed by atoms with Crippen molar-refractivity contribution in [1.29, 1.82) is 0 Å². The molecule has 150 valence electrons. The molecule has 1 amide bonds. The summed E-state index contributed by atoms with van der Waals surface area (Å²) in [7, 11) is 2.97. The van der Waals surface area contributed by atoms with Crippen LogP contribution in [-0.4, -0.2) is 38.8 Å². The third-order valence-corrected chi connectivity index (χ3v) is 3.86. The van der Waals surface area contributed by atoms with Gasteiger partial charge in [-0.2, -0.15) is 0 Å². The molecule has 2 aromatic carbocycles. The molecule has 0 fully saturated rings. The molecule has 0 saturated carbocycles. The van der Waals surface area contributed by atoms with Crippen molar-refractivity contribution >= 4 is 29.2 Å². The van der Waals surface area contributed by atoms with Crippen LogP contribution in [0.1, 0.15) is 6.92 Å². The molecule has 0 unspecified atom stereocenters. The normalized spacial score (nSPS) is 11.3. The van der Waals surface area contributed by atoms with Gasteiger partial charge in [-0.05, 0) is 37.3 Å². The van der Waals surface area contributed by atoms with Crippen LogP contribution in [0.3, 0.4) is 0 Å². The van der Waals surface area contributed by atoms with Crippen molar-refractivity contribution in [3.05, 3.63) is 47.2 Å². The molecule has 9 heteroatoms. The van der Waals surface area contributed by atoms with E-state index in [1.54, 1.807) is 18.2 Å². The second kappa shape index (κ2) is 9.80. The van der Waals surface area contributed by atoms with E-state index in [4.69, 9.17) is 30.5 Å². The molecule has 0 aliphatic carbocycles. The second-order valence-corrected chi connectivity index (χ2v) is 5.96. The van der Waals surface area contributed by atoms with Crippen molar-refractivity contribution in [3.8, 4) is 17.2 Å². The lowest BCUT2D eigenvalue weighted by Gasteiger charge is -2.15. The van der Waals surface area contributed by atoms with E-state index in [1.165, 1.54) is 27.2 Å². The fraction of sp³-hybridized carbons (Fsp3) is 0.263. The maximum Gasteiger partial charge on any atom is 0.344 e. The van der Waals surface area contributed by atoms with Gasteiger partial charge in [0.25, 0.3) is 5.91 Å². The molecule has 0 aliphatic heterocycles. The Balaban J connectivity index is 1.88. The predicted molar refractivity (Wildman–Crippen MR) is 101 cm³/mol. The molecule has 0 heterocycles. The minimum Gasteiger partial charge on any atom is -0.493 e. The summed E-state index contributed by atoms with van der Waals surface area (Å²) in [5, 5.41) is 2.63. The van der Waals surface area contributed by atoms with Crippen molar-refractivity contribution < 1.29 is 32.9 Å². The number of rotatable bonds is 8. The van der Waals surface area contributed by atoms with Crippen molar-refractivity contribution in [2.75, 3.05) is 26.1 Å². The van der Waals surface area contributed by atoms with Crippen LogP contribution in [0.5, 0.6) is 17.2 Å². The zero-order chi connectivity index (χ0) is 20.7. The van der Waals surface area contributed by atoms with Gasteiger partial charge in [0.05, 0.1) is 19.2 Å². The van der Waals surface area contributed by atoms with Crippen molar-refractivity contribution in [1.82, 2.24) is 0 Å². The first-order valence-corrected chi connectivity index (χ1v) is 8.52. The maximum absolute atomic E-state index is 13.0. The molecule has 2 rings (SSSR count). The smallest absolute Gasteiger partial charge is 0.344 e. The monoisotopic (exact) mass is 411 g/mol. The molecule has 28 heavy (non-hydrogen) atoms. The highest BCUT2D eigenvalue weighted by Crippen LogP contribution is 2.29. The Hall–Kier alpha value is -3.00. The Morgan fingerprint density at radius 3 is 2.39 bits per heavy atom. The van der Waals surface area contributed by atoms with Gasteiger partial charge in [-0.3, -0.25) is 4.79 Å². The highest BCUT2D eigenvalue weighted by atomic mass is 35.5. The predicted octanol–water partition coefficient (Wildman–Crippen LogP) is 3.45. The molecular formula is C19H19ClFNO6. The molecule has 0 radical (unpaired) electrons. The number of carbonyl (C=O) groups is 2. The lowest BCUT2D eigenvalue weighted by atomic mass is 10.2. The zero-order valence-corrected chi connectivity index (χ0v) is 16.2. The second-order valence-electron chi connectivity index (χ2n) is 5.55. The number of hydrogen-bond donors (Lipinski definition) is 1. The zero-order valence-electron chi connectivity index (χ0n) is 15.5. The third kappa shape index (κ3) is 5.75. The summed E-state index contributed by atoms with van der Waals surface area (Å²) in [5.74, 6) is -0.773. The molecule has 1 atom stereocenters. The van der Waals surface area contributed by atoms with Gasteiger partial charge in [0.15, 0.2) is 24.2 Å². The minimum atomic E-state index is -1.08. The van der Waals surface area contributed by atoms with E-state index in [0.717, 1.165) is 12.1 Å². The molecule has 2 aromatic rings. The Labute approximate surface area is 166 Å². The average Bonchev–Trinajstić information content (AvgIpc) is 2.67. The summed E-state index contributed by atoms with van der Waals surface area (Å²) < 4.78 is 33.5. The number of amides is 1. The Morgan fingerprint density at radius 2 is 1.75 bits per heavy atom. The number of nitrogens with one attached hydrogen (secondary N) is 1. The van der Waals surface area contributed by atoms with Gasteiger partial charge in [-0.1, -0.05) is 11.6 Å². The van der Waals surface area contributed by atoms with E-state index in [9.17, 15) is 14.0 Å². The maximum atomic E-state index is 13.0. The number of halogens is 2. The number of hydrogen-bond acceptors (Lipinski definition) is 6. The van der Waals surface area contributed by atoms with Gasteiger partial charge in [-0.25, -0.2) is 9.18 Å². The van der Waals surface area contributed by atoms with Crippen LogP contribution >= 0.6 is 11.6 Å². The number of benzene rings is 2. The van der Waals surface area contributed by atoms with Gasteiger partial charge in [0, 0.05) is 11.8 Å². The Kier molecular flexibility index (Phi) is 7.45. The molecule has 1 N–H and O–H groups in total. The van der Waals surface area contributed by atoms with Gasteiger partial charge >= 0.3 is 5.97 Å². The van der Waals surface area contributed by atoms with E-state index in [1.807, 2.05) is 0 Å². The van der Waals surface area contributed by atoms with Crippen molar-refractivity contribution in [2.45, 2.75) is 13.0 Å². The first-order valence-electron chi connectivity index (χ1n) is 8.14. The molecule has 0 spiro atoms. The van der Waals surface area contributed by atoms with E-state index in [0.29, 0.717) is 17.2 Å². The van der Waals surface area contributed by atoms with Crippen LogP contribution in [0.2, 0.25) is 5.02 Å². The fourth-order valence-electron chi connectivity index (χ4n) is 2.17. The highest BCUT2D eigenvalue weighted by molar-refractivity contribution is 6.32. The van der Waals surface area contributed by atoms with Gasteiger partial charge in [0.2, 0.25) is 0 Å². The van der Waals surface area contributed by atoms with Crippen LogP contribution in [0.4, 0.5) is 10.1 Å². The summed E-state index contributed by atoms with van der Waals surface area (Å²) in [6.45, 7) is 0.929.